The first-order valence-electron chi connectivity index (χ1n) is 6.70. The van der Waals surface area contributed by atoms with E-state index in [1.165, 1.54) is 0 Å². The molecule has 0 atom stereocenters. The molecule has 0 saturated heterocycles. The Morgan fingerprint density at radius 1 is 1.69 bits per heavy atom. The Morgan fingerprint density at radius 3 is 3.31 bits per heavy atom. The van der Waals surface area contributed by atoms with Crippen molar-refractivity contribution in [1.82, 2.24) is 19.7 Å². The van der Waals surface area contributed by atoms with Gasteiger partial charge in [-0.05, 0) is 18.5 Å². The van der Waals surface area contributed by atoms with Crippen LogP contribution in [0.5, 0.6) is 0 Å². The fourth-order valence-electron chi connectivity index (χ4n) is 0.710. The SMILES string of the molecule is [2H]c1nc(-n2nc([2H])c(C([2H])([2H])[2H])c2[2H])nc(Cl)c1[2H]. The van der Waals surface area contributed by atoms with E-state index in [0.717, 1.165) is 0 Å². The molecule has 0 spiro atoms. The second kappa shape index (κ2) is 3.14. The van der Waals surface area contributed by atoms with Gasteiger partial charge in [0.1, 0.15) is 5.15 Å². The Hall–Kier alpha value is -1.42. The van der Waals surface area contributed by atoms with Crippen LogP contribution < -0.4 is 0 Å². The highest BCUT2D eigenvalue weighted by Gasteiger charge is 2.00. The van der Waals surface area contributed by atoms with Crippen LogP contribution in [-0.4, -0.2) is 19.7 Å². The van der Waals surface area contributed by atoms with Crippen LogP contribution in [0.2, 0.25) is 5.15 Å². The summed E-state index contributed by atoms with van der Waals surface area (Å²) in [6.45, 7) is -2.67. The third kappa shape index (κ3) is 1.67. The number of nitrogens with zero attached hydrogens (tertiary/aromatic N) is 4. The second-order valence-corrected chi connectivity index (χ2v) is 2.42. The molecule has 2 rings (SSSR count). The van der Waals surface area contributed by atoms with E-state index in [4.69, 9.17) is 21.2 Å². The molecule has 0 bridgehead atoms. The smallest absolute Gasteiger partial charge is 0.220 e. The monoisotopic (exact) mass is 201 g/mol. The lowest BCUT2D eigenvalue weighted by molar-refractivity contribution is 0.808. The molecule has 0 saturated carbocycles. The standard InChI is InChI=1S/C8H7ClN4/c1-6-4-11-13(5-6)8-10-3-2-7(9)12-8/h2-5H,1H3/i1D3,2D,3D,4D,5D. The first kappa shape index (κ1) is 3.38. The molecule has 2 aromatic heterocycles. The lowest BCUT2D eigenvalue weighted by Crippen LogP contribution is -2.00. The van der Waals surface area contributed by atoms with Crippen LogP contribution in [0.1, 0.15) is 15.2 Å². The second-order valence-electron chi connectivity index (χ2n) is 2.06. The van der Waals surface area contributed by atoms with Gasteiger partial charge >= 0.3 is 0 Å². The fraction of sp³-hybridized carbons (Fsp3) is 0.125. The quantitative estimate of drug-likeness (QED) is 0.659. The first-order valence-corrected chi connectivity index (χ1v) is 3.58. The van der Waals surface area contributed by atoms with Crippen molar-refractivity contribution in [3.8, 4) is 5.95 Å². The van der Waals surface area contributed by atoms with Crippen LogP contribution in [0.15, 0.2) is 24.6 Å². The normalized spacial score (nSPS) is 19.0. The van der Waals surface area contributed by atoms with E-state index in [0.29, 0.717) is 4.68 Å². The summed E-state index contributed by atoms with van der Waals surface area (Å²) in [5.74, 6) is -0.329. The van der Waals surface area contributed by atoms with Crippen molar-refractivity contribution in [2.45, 2.75) is 6.85 Å². The molecular weight excluding hydrogens is 188 g/mol. The molecule has 0 unspecified atom stereocenters. The minimum Gasteiger partial charge on any atom is -0.220 e. The Bertz CT molecular complexity index is 657. The van der Waals surface area contributed by atoms with Crippen molar-refractivity contribution in [3.63, 3.8) is 0 Å². The van der Waals surface area contributed by atoms with Gasteiger partial charge in [-0.25, -0.2) is 9.67 Å². The summed E-state index contributed by atoms with van der Waals surface area (Å²) >= 11 is 5.64. The first-order chi connectivity index (χ1) is 9.12. The molecule has 2 heterocycles. The van der Waals surface area contributed by atoms with E-state index >= 15 is 0 Å². The minimum atomic E-state index is -2.67. The van der Waals surface area contributed by atoms with Crippen molar-refractivity contribution >= 4 is 11.6 Å². The van der Waals surface area contributed by atoms with Crippen molar-refractivity contribution in [2.75, 3.05) is 0 Å². The van der Waals surface area contributed by atoms with Gasteiger partial charge in [0.15, 0.2) is 0 Å². The van der Waals surface area contributed by atoms with Crippen molar-refractivity contribution in [1.29, 1.82) is 0 Å². The summed E-state index contributed by atoms with van der Waals surface area (Å²) in [4.78, 5) is 7.26. The van der Waals surface area contributed by atoms with E-state index in [-0.39, 0.29) is 11.1 Å². The zero-order chi connectivity index (χ0) is 15.2. The molecule has 4 nitrogen and oxygen atoms in total. The van der Waals surface area contributed by atoms with Crippen molar-refractivity contribution in [2.24, 2.45) is 0 Å². The van der Waals surface area contributed by atoms with E-state index in [2.05, 4.69) is 15.1 Å². The third-order valence-corrected chi connectivity index (χ3v) is 1.36. The van der Waals surface area contributed by atoms with Gasteiger partial charge < -0.3 is 0 Å². The van der Waals surface area contributed by atoms with Crippen LogP contribution in [0, 0.1) is 6.85 Å². The van der Waals surface area contributed by atoms with Crippen LogP contribution in [0.4, 0.5) is 0 Å². The molecule has 66 valence electrons. The average molecular weight is 202 g/mol. The maximum absolute atomic E-state index is 7.74. The van der Waals surface area contributed by atoms with Gasteiger partial charge in [-0.2, -0.15) is 10.1 Å². The van der Waals surface area contributed by atoms with E-state index < -0.39 is 37.0 Å². The molecule has 0 fully saturated rings. The highest BCUT2D eigenvalue weighted by atomic mass is 35.5. The van der Waals surface area contributed by atoms with Gasteiger partial charge in [0, 0.05) is 16.5 Å². The maximum atomic E-state index is 7.74. The number of aromatic nitrogens is 4. The zero-order valence-corrected chi connectivity index (χ0v) is 6.92. The Kier molecular flexibility index (Phi) is 0.817. The summed E-state index contributed by atoms with van der Waals surface area (Å²) in [6, 6.07) is -0.392. The highest BCUT2D eigenvalue weighted by molar-refractivity contribution is 6.29. The maximum Gasteiger partial charge on any atom is 0.251 e. The molecule has 2 aromatic rings. The lowest BCUT2D eigenvalue weighted by Gasteiger charge is -1.97. The summed E-state index contributed by atoms with van der Waals surface area (Å²) in [7, 11) is 0. The largest absolute Gasteiger partial charge is 0.251 e. The van der Waals surface area contributed by atoms with Crippen molar-refractivity contribution < 1.29 is 9.60 Å². The molecule has 0 aliphatic carbocycles. The van der Waals surface area contributed by atoms with Crippen LogP contribution in [0.25, 0.3) is 5.95 Å². The van der Waals surface area contributed by atoms with E-state index in [1.807, 2.05) is 0 Å². The molecule has 0 amide bonds. The molecular formula is C8H7ClN4. The lowest BCUT2D eigenvalue weighted by atomic mass is 10.4. The van der Waals surface area contributed by atoms with Gasteiger partial charge in [-0.15, -0.1) is 0 Å². The predicted octanol–water partition coefficient (Wildman–Crippen LogP) is 1.62. The number of halogens is 1. The highest BCUT2D eigenvalue weighted by Crippen LogP contribution is 2.06. The number of hydrogen-bond acceptors (Lipinski definition) is 3. The minimum absolute atomic E-state index is 0.322. The Balaban J connectivity index is 2.66. The molecule has 0 aromatic carbocycles. The van der Waals surface area contributed by atoms with Gasteiger partial charge in [0.25, 0.3) is 5.95 Å². The Labute approximate surface area is 90.0 Å². The van der Waals surface area contributed by atoms with Crippen LogP contribution >= 0.6 is 11.6 Å². The topological polar surface area (TPSA) is 43.6 Å². The number of hydrogen-bond donors (Lipinski definition) is 0. The summed E-state index contributed by atoms with van der Waals surface area (Å²) in [5.41, 5.74) is -0.543. The number of rotatable bonds is 1. The summed E-state index contributed by atoms with van der Waals surface area (Å²) in [5, 5.41) is 3.24. The summed E-state index contributed by atoms with van der Waals surface area (Å²) < 4.78 is 52.5. The molecule has 0 N–H and O–H groups in total. The zero-order valence-electron chi connectivity index (χ0n) is 13.2. The molecule has 0 aliphatic heterocycles. The van der Waals surface area contributed by atoms with Gasteiger partial charge in [0.05, 0.1) is 11.7 Å². The molecule has 13 heavy (non-hydrogen) atoms. The van der Waals surface area contributed by atoms with Gasteiger partial charge in [-0.3, -0.25) is 0 Å². The van der Waals surface area contributed by atoms with Crippen LogP contribution in [0.3, 0.4) is 0 Å². The molecule has 5 heteroatoms. The average Bonchev–Trinajstić information content (AvgIpc) is 2.60. The van der Waals surface area contributed by atoms with E-state index in [9.17, 15) is 0 Å². The van der Waals surface area contributed by atoms with Crippen LogP contribution in [-0.2, 0) is 0 Å². The molecule has 0 aliphatic rings. The van der Waals surface area contributed by atoms with Crippen molar-refractivity contribution in [3.05, 3.63) is 35.3 Å². The fourth-order valence-corrected chi connectivity index (χ4v) is 0.828. The van der Waals surface area contributed by atoms with Gasteiger partial charge in [-0.1, -0.05) is 11.6 Å². The third-order valence-electron chi connectivity index (χ3n) is 1.18. The van der Waals surface area contributed by atoms with Gasteiger partial charge in [0.2, 0.25) is 0 Å². The predicted molar refractivity (Wildman–Crippen MR) is 48.9 cm³/mol. The van der Waals surface area contributed by atoms with E-state index in [1.54, 1.807) is 0 Å². The Morgan fingerprint density at radius 2 is 2.62 bits per heavy atom. The molecule has 0 radical (unpaired) electrons. The summed E-state index contributed by atoms with van der Waals surface area (Å²) in [6.07, 6.45) is -1.67.